The minimum Gasteiger partial charge on any atom is -0.378 e. The number of fused-ring (bicyclic) bond motifs is 3. The molecule has 43 heavy (non-hydrogen) atoms. The third kappa shape index (κ3) is 4.60. The van der Waals surface area contributed by atoms with Crippen LogP contribution in [-0.2, 0) is 6.42 Å². The molecule has 0 aliphatic heterocycles. The van der Waals surface area contributed by atoms with Crippen molar-refractivity contribution in [3.8, 4) is 5.69 Å². The number of para-hydroxylation sites is 2. The second-order valence-electron chi connectivity index (χ2n) is 11.8. The number of nitrogens with zero attached hydrogens (tertiary/aromatic N) is 2. The lowest BCUT2D eigenvalue weighted by atomic mass is 10.0. The molecule has 1 aliphatic carbocycles. The van der Waals surface area contributed by atoms with E-state index in [9.17, 15) is 0 Å². The van der Waals surface area contributed by atoms with Crippen LogP contribution in [0.25, 0.3) is 22.7 Å². The molecule has 0 spiro atoms. The van der Waals surface area contributed by atoms with Crippen LogP contribution in [0.1, 0.15) is 22.4 Å². The number of aryl methyl sites for hydroxylation is 2. The van der Waals surface area contributed by atoms with Gasteiger partial charge in [0, 0.05) is 41.8 Å². The van der Waals surface area contributed by atoms with Gasteiger partial charge in [0.25, 0.3) is 0 Å². The standard InChI is InChI=1S/C40H38N2S/c1-29-25-30(2)27-36(26-29)43(33-15-9-6-10-16-33,34-21-19-31(20-22-34)41(3)4)35-23-24-40-38(28-35)37-17-11-12-18-39(37)42(40)32-13-7-5-8-14-32/h5-27,35H,28H2,1-4H3. The van der Waals surface area contributed by atoms with E-state index in [0.717, 1.165) is 6.42 Å². The summed E-state index contributed by atoms with van der Waals surface area (Å²) >= 11 is 0. The molecule has 2 unspecified atom stereocenters. The first-order valence-corrected chi connectivity index (χ1v) is 16.8. The lowest BCUT2D eigenvalue weighted by molar-refractivity contribution is 0.957. The minimum absolute atomic E-state index is 0.281. The van der Waals surface area contributed by atoms with Gasteiger partial charge < -0.3 is 9.47 Å². The smallest absolute Gasteiger partial charge is 0.0537 e. The number of benzene rings is 5. The van der Waals surface area contributed by atoms with Gasteiger partial charge in [-0.25, -0.2) is 0 Å². The summed E-state index contributed by atoms with van der Waals surface area (Å²) in [5.41, 5.74) is 9.06. The molecule has 0 amide bonds. The van der Waals surface area contributed by atoms with Crippen LogP contribution in [0.5, 0.6) is 0 Å². The fourth-order valence-electron chi connectivity index (χ4n) is 6.93. The van der Waals surface area contributed by atoms with Crippen molar-refractivity contribution in [1.82, 2.24) is 4.57 Å². The fraction of sp³-hybridized carbons (Fsp3) is 0.150. The Bertz CT molecular complexity index is 1910. The van der Waals surface area contributed by atoms with E-state index in [0.29, 0.717) is 0 Å². The summed E-state index contributed by atoms with van der Waals surface area (Å²) in [6.07, 6.45) is 5.91. The van der Waals surface area contributed by atoms with E-state index in [-0.39, 0.29) is 5.25 Å². The summed E-state index contributed by atoms with van der Waals surface area (Å²) in [5.74, 6) is 0. The lowest BCUT2D eigenvalue weighted by Gasteiger charge is -2.48. The average Bonchev–Trinajstić information content (AvgIpc) is 3.36. The molecule has 0 fully saturated rings. The molecule has 0 bridgehead atoms. The van der Waals surface area contributed by atoms with Gasteiger partial charge >= 0.3 is 0 Å². The SMILES string of the molecule is Cc1cc(C)cc(S(c2ccccc2)(c2ccc(N(C)C)cc2)C2C=Cc3c(c4ccccc4n3-c3ccccc3)C2)c1. The molecule has 2 atom stereocenters. The maximum Gasteiger partial charge on any atom is 0.0537 e. The summed E-state index contributed by atoms with van der Waals surface area (Å²) in [5, 5.41) is 1.63. The molecule has 7 rings (SSSR count). The molecule has 6 aromatic rings. The summed E-state index contributed by atoms with van der Waals surface area (Å²) in [6.45, 7) is 4.48. The van der Waals surface area contributed by atoms with Gasteiger partial charge in [-0.2, -0.15) is 10.0 Å². The van der Waals surface area contributed by atoms with Crippen LogP contribution in [-0.4, -0.2) is 23.9 Å². The molecule has 0 saturated heterocycles. The van der Waals surface area contributed by atoms with Gasteiger partial charge in [0.1, 0.15) is 0 Å². The highest BCUT2D eigenvalue weighted by Crippen LogP contribution is 2.73. The normalized spacial score (nSPS) is 16.4. The minimum atomic E-state index is -1.70. The van der Waals surface area contributed by atoms with Crippen molar-refractivity contribution in [2.75, 3.05) is 19.0 Å². The predicted octanol–water partition coefficient (Wildman–Crippen LogP) is 10.2. The Morgan fingerprint density at radius 1 is 0.651 bits per heavy atom. The number of hydrogen-bond donors (Lipinski definition) is 0. The molecule has 0 radical (unpaired) electrons. The largest absolute Gasteiger partial charge is 0.378 e. The first-order chi connectivity index (χ1) is 21.0. The highest BCUT2D eigenvalue weighted by Gasteiger charge is 2.40. The van der Waals surface area contributed by atoms with E-state index in [2.05, 4.69) is 177 Å². The van der Waals surface area contributed by atoms with Gasteiger partial charge in [-0.1, -0.05) is 66.7 Å². The number of hydrogen-bond acceptors (Lipinski definition) is 1. The maximum atomic E-state index is 2.53. The lowest BCUT2D eigenvalue weighted by Crippen LogP contribution is -2.23. The number of anilines is 1. The molecular formula is C40H38N2S. The van der Waals surface area contributed by atoms with Crippen LogP contribution >= 0.6 is 10.0 Å². The third-order valence-electron chi connectivity index (χ3n) is 8.77. The van der Waals surface area contributed by atoms with Crippen molar-refractivity contribution in [3.05, 3.63) is 156 Å². The van der Waals surface area contributed by atoms with Crippen LogP contribution in [0.15, 0.2) is 148 Å². The van der Waals surface area contributed by atoms with Crippen molar-refractivity contribution in [2.24, 2.45) is 0 Å². The zero-order valence-corrected chi connectivity index (χ0v) is 26.2. The first kappa shape index (κ1) is 27.4. The molecule has 3 heteroatoms. The van der Waals surface area contributed by atoms with Gasteiger partial charge in [-0.05, 0) is 124 Å². The third-order valence-corrected chi connectivity index (χ3v) is 13.0. The zero-order chi connectivity index (χ0) is 29.6. The zero-order valence-electron chi connectivity index (χ0n) is 25.4. The molecule has 214 valence electrons. The summed E-state index contributed by atoms with van der Waals surface area (Å²) in [4.78, 5) is 6.42. The molecule has 1 aliphatic rings. The molecule has 0 N–H and O–H groups in total. The van der Waals surface area contributed by atoms with E-state index < -0.39 is 10.0 Å². The van der Waals surface area contributed by atoms with Gasteiger partial charge in [-0.3, -0.25) is 0 Å². The van der Waals surface area contributed by atoms with Crippen LogP contribution < -0.4 is 4.90 Å². The van der Waals surface area contributed by atoms with Gasteiger partial charge in [0.05, 0.1) is 5.52 Å². The Balaban J connectivity index is 1.51. The molecule has 2 nitrogen and oxygen atoms in total. The van der Waals surface area contributed by atoms with Gasteiger partial charge in [-0.15, -0.1) is 0 Å². The number of rotatable bonds is 6. The second-order valence-corrected chi connectivity index (χ2v) is 15.2. The summed E-state index contributed by atoms with van der Waals surface area (Å²) in [6, 6.07) is 47.6. The van der Waals surface area contributed by atoms with E-state index in [1.807, 2.05) is 0 Å². The fourth-order valence-corrected chi connectivity index (χ4v) is 11.4. The Labute approximate surface area is 257 Å². The van der Waals surface area contributed by atoms with Crippen molar-refractivity contribution in [1.29, 1.82) is 0 Å². The molecule has 1 heterocycles. The highest BCUT2D eigenvalue weighted by atomic mass is 32.3. The Hall–Kier alpha value is -4.47. The van der Waals surface area contributed by atoms with E-state index >= 15 is 0 Å². The van der Waals surface area contributed by atoms with E-state index in [1.54, 1.807) is 0 Å². The first-order valence-electron chi connectivity index (χ1n) is 15.1. The highest BCUT2D eigenvalue weighted by molar-refractivity contribution is 8.34. The van der Waals surface area contributed by atoms with Gasteiger partial charge in [0.15, 0.2) is 0 Å². The molecule has 0 saturated carbocycles. The van der Waals surface area contributed by atoms with Crippen molar-refractivity contribution >= 4 is 32.7 Å². The monoisotopic (exact) mass is 578 g/mol. The average molecular weight is 579 g/mol. The Kier molecular flexibility index (Phi) is 6.99. The molecular weight excluding hydrogens is 541 g/mol. The Morgan fingerprint density at radius 2 is 1.26 bits per heavy atom. The molecule has 1 aromatic heterocycles. The van der Waals surface area contributed by atoms with Gasteiger partial charge in [0.2, 0.25) is 0 Å². The van der Waals surface area contributed by atoms with Crippen LogP contribution in [0, 0.1) is 13.8 Å². The van der Waals surface area contributed by atoms with Crippen LogP contribution in [0.3, 0.4) is 0 Å². The second kappa shape index (κ2) is 11.0. The number of aromatic nitrogens is 1. The van der Waals surface area contributed by atoms with E-state index in [4.69, 9.17) is 0 Å². The summed E-state index contributed by atoms with van der Waals surface area (Å²) < 4.78 is 2.44. The predicted molar refractivity (Wildman–Crippen MR) is 185 cm³/mol. The molecule has 5 aromatic carbocycles. The van der Waals surface area contributed by atoms with Crippen molar-refractivity contribution in [2.45, 2.75) is 40.2 Å². The quantitative estimate of drug-likeness (QED) is 0.191. The van der Waals surface area contributed by atoms with Crippen molar-refractivity contribution < 1.29 is 0 Å². The topological polar surface area (TPSA) is 8.17 Å². The maximum absolute atomic E-state index is 2.53. The van der Waals surface area contributed by atoms with E-state index in [1.165, 1.54) is 59.3 Å². The van der Waals surface area contributed by atoms with Crippen LogP contribution in [0.2, 0.25) is 0 Å². The van der Waals surface area contributed by atoms with Crippen LogP contribution in [0.4, 0.5) is 5.69 Å². The Morgan fingerprint density at radius 3 is 1.93 bits per heavy atom. The van der Waals surface area contributed by atoms with Crippen molar-refractivity contribution in [3.63, 3.8) is 0 Å². The summed E-state index contributed by atoms with van der Waals surface area (Å²) in [7, 11) is 2.53.